The van der Waals surface area contributed by atoms with Gasteiger partial charge in [0.25, 0.3) is 0 Å². The molecule has 0 aliphatic carbocycles. The first-order valence-electron chi connectivity index (χ1n) is 13.5. The molecule has 0 bridgehead atoms. The van der Waals surface area contributed by atoms with E-state index in [9.17, 15) is 4.79 Å². The van der Waals surface area contributed by atoms with Gasteiger partial charge in [-0.2, -0.15) is 0 Å². The number of rotatable bonds is 3. The van der Waals surface area contributed by atoms with E-state index in [1.165, 1.54) is 0 Å². The highest BCUT2D eigenvalue weighted by molar-refractivity contribution is 7.15. The normalized spacial score (nSPS) is 16.9. The summed E-state index contributed by atoms with van der Waals surface area (Å²) in [6.07, 6.45) is 4.04. The second-order valence-electron chi connectivity index (χ2n) is 10.4. The van der Waals surface area contributed by atoms with Crippen LogP contribution in [0.3, 0.4) is 0 Å². The standard InChI is InChI=1S/C31H29ClN6OS/c1-19-13-16-37(17-14-19)27(39)18-25-30-36-35-21(3)38(30)31-28(29(34-25)22-7-9-23(32)10-8-22)20(2)26(40-31)12-11-24-6-4-5-15-33-24/h4-10,15,19,25H,13-14,16-18H2,1-3H3/t25-/m0/s1. The average molecular weight is 569 g/mol. The van der Waals surface area contributed by atoms with Gasteiger partial charge in [0, 0.05) is 35.4 Å². The van der Waals surface area contributed by atoms with Crippen LogP contribution in [0.15, 0.2) is 53.7 Å². The second kappa shape index (κ2) is 11.0. The second-order valence-corrected chi connectivity index (χ2v) is 11.8. The van der Waals surface area contributed by atoms with Gasteiger partial charge in [-0.3, -0.25) is 14.4 Å². The molecule has 3 aromatic heterocycles. The number of hydrogen-bond acceptors (Lipinski definition) is 6. The molecule has 2 aliphatic heterocycles. The Morgan fingerprint density at radius 2 is 1.85 bits per heavy atom. The lowest BCUT2D eigenvalue weighted by Crippen LogP contribution is -2.38. The lowest BCUT2D eigenvalue weighted by atomic mass is 9.98. The maximum absolute atomic E-state index is 13.5. The van der Waals surface area contributed by atoms with E-state index in [0.717, 1.165) is 64.0 Å². The molecule has 0 saturated carbocycles. The van der Waals surface area contributed by atoms with Gasteiger partial charge in [-0.1, -0.05) is 36.7 Å². The molecule has 4 aromatic rings. The first kappa shape index (κ1) is 26.4. The molecule has 202 valence electrons. The lowest BCUT2D eigenvalue weighted by molar-refractivity contribution is -0.132. The van der Waals surface area contributed by atoms with Gasteiger partial charge in [0.05, 0.1) is 17.0 Å². The number of benzene rings is 1. The van der Waals surface area contributed by atoms with Gasteiger partial charge in [0.15, 0.2) is 5.82 Å². The van der Waals surface area contributed by atoms with Crippen molar-refractivity contribution in [2.75, 3.05) is 13.1 Å². The van der Waals surface area contributed by atoms with Crippen LogP contribution in [-0.4, -0.2) is 49.4 Å². The third-order valence-corrected chi connectivity index (χ3v) is 9.04. The number of carbonyl (C=O) groups is 1. The Hall–Kier alpha value is -3.80. The SMILES string of the molecule is Cc1c(C#Cc2ccccn2)sc2c1C(c1ccc(Cl)cc1)=N[C@@H](CC(=O)N1CCC(C)CC1)c1nnc(C)n1-2. The quantitative estimate of drug-likeness (QED) is 0.287. The summed E-state index contributed by atoms with van der Waals surface area (Å²) < 4.78 is 2.06. The van der Waals surface area contributed by atoms with E-state index < -0.39 is 6.04 Å². The molecule has 5 heterocycles. The molecule has 1 fully saturated rings. The Labute approximate surface area is 243 Å². The smallest absolute Gasteiger partial charge is 0.225 e. The largest absolute Gasteiger partial charge is 0.343 e. The number of piperidine rings is 1. The summed E-state index contributed by atoms with van der Waals surface area (Å²) in [6.45, 7) is 7.83. The van der Waals surface area contributed by atoms with Crippen LogP contribution >= 0.6 is 22.9 Å². The van der Waals surface area contributed by atoms with E-state index in [1.807, 2.05) is 54.3 Å². The summed E-state index contributed by atoms with van der Waals surface area (Å²) in [6, 6.07) is 12.9. The van der Waals surface area contributed by atoms with Crippen molar-refractivity contribution in [1.29, 1.82) is 0 Å². The summed E-state index contributed by atoms with van der Waals surface area (Å²) in [4.78, 5) is 26.0. The van der Waals surface area contributed by atoms with E-state index in [2.05, 4.69) is 45.4 Å². The van der Waals surface area contributed by atoms with Crippen LogP contribution in [0.1, 0.15) is 71.1 Å². The molecule has 2 aliphatic rings. The number of hydrogen-bond donors (Lipinski definition) is 0. The van der Waals surface area contributed by atoms with Crippen molar-refractivity contribution in [2.24, 2.45) is 10.9 Å². The molecule has 6 rings (SSSR count). The summed E-state index contributed by atoms with van der Waals surface area (Å²) in [5, 5.41) is 10.6. The predicted molar refractivity (Wildman–Crippen MR) is 158 cm³/mol. The fourth-order valence-electron chi connectivity index (χ4n) is 5.25. The summed E-state index contributed by atoms with van der Waals surface area (Å²) in [5.74, 6) is 8.71. The number of aliphatic imine (C=N–C) groups is 1. The Bertz CT molecular complexity index is 1650. The van der Waals surface area contributed by atoms with Gasteiger partial charge in [0.1, 0.15) is 22.6 Å². The minimum absolute atomic E-state index is 0.104. The minimum atomic E-state index is -0.471. The molecular weight excluding hydrogens is 540 g/mol. The zero-order valence-corrected chi connectivity index (χ0v) is 24.3. The molecule has 1 saturated heterocycles. The topological polar surface area (TPSA) is 76.3 Å². The molecule has 0 spiro atoms. The predicted octanol–water partition coefficient (Wildman–Crippen LogP) is 5.93. The molecule has 7 nitrogen and oxygen atoms in total. The summed E-state index contributed by atoms with van der Waals surface area (Å²) in [7, 11) is 0. The van der Waals surface area contributed by atoms with Crippen LogP contribution in [0.5, 0.6) is 0 Å². The number of halogens is 1. The third kappa shape index (κ3) is 5.07. The highest BCUT2D eigenvalue weighted by atomic mass is 35.5. The maximum Gasteiger partial charge on any atom is 0.225 e. The number of aromatic nitrogens is 4. The molecule has 40 heavy (non-hydrogen) atoms. The molecular formula is C31H29ClN6OS. The van der Waals surface area contributed by atoms with E-state index in [4.69, 9.17) is 16.6 Å². The number of carbonyl (C=O) groups excluding carboxylic acids is 1. The Balaban J connectivity index is 1.48. The van der Waals surface area contributed by atoms with E-state index in [1.54, 1.807) is 17.5 Å². The molecule has 9 heteroatoms. The van der Waals surface area contributed by atoms with Crippen LogP contribution in [0.4, 0.5) is 0 Å². The Morgan fingerprint density at radius 1 is 1.07 bits per heavy atom. The van der Waals surface area contributed by atoms with Gasteiger partial charge < -0.3 is 4.90 Å². The Morgan fingerprint density at radius 3 is 2.58 bits per heavy atom. The van der Waals surface area contributed by atoms with Crippen molar-refractivity contribution in [1.82, 2.24) is 24.6 Å². The minimum Gasteiger partial charge on any atom is -0.343 e. The van der Waals surface area contributed by atoms with Crippen molar-refractivity contribution in [3.63, 3.8) is 0 Å². The van der Waals surface area contributed by atoms with Crippen LogP contribution in [0.2, 0.25) is 5.02 Å². The van der Waals surface area contributed by atoms with Crippen LogP contribution in [0.25, 0.3) is 5.00 Å². The van der Waals surface area contributed by atoms with Gasteiger partial charge in [-0.15, -0.1) is 21.5 Å². The number of likely N-dealkylation sites (tertiary alicyclic amines) is 1. The summed E-state index contributed by atoms with van der Waals surface area (Å²) in [5.41, 5.74) is 4.44. The van der Waals surface area contributed by atoms with E-state index in [-0.39, 0.29) is 12.3 Å². The molecule has 1 aromatic carbocycles. The highest BCUT2D eigenvalue weighted by Crippen LogP contribution is 2.40. The van der Waals surface area contributed by atoms with Crippen molar-refractivity contribution >= 4 is 34.6 Å². The zero-order valence-electron chi connectivity index (χ0n) is 22.7. The third-order valence-electron chi connectivity index (χ3n) is 7.59. The monoisotopic (exact) mass is 568 g/mol. The van der Waals surface area contributed by atoms with Crippen LogP contribution < -0.4 is 0 Å². The maximum atomic E-state index is 13.5. The van der Waals surface area contributed by atoms with Crippen molar-refractivity contribution in [3.05, 3.63) is 92.6 Å². The molecule has 1 amide bonds. The van der Waals surface area contributed by atoms with Crippen LogP contribution in [0, 0.1) is 31.6 Å². The number of thiophene rings is 1. The fourth-order valence-corrected chi connectivity index (χ4v) is 6.60. The number of fused-ring (bicyclic) bond motifs is 3. The highest BCUT2D eigenvalue weighted by Gasteiger charge is 2.34. The molecule has 1 atom stereocenters. The van der Waals surface area contributed by atoms with Crippen molar-refractivity contribution in [3.8, 4) is 16.8 Å². The summed E-state index contributed by atoms with van der Waals surface area (Å²) >= 11 is 7.84. The fraction of sp³-hybridized carbons (Fsp3) is 0.323. The molecule has 0 unspecified atom stereocenters. The zero-order chi connectivity index (χ0) is 27.8. The van der Waals surface area contributed by atoms with E-state index >= 15 is 0 Å². The van der Waals surface area contributed by atoms with Gasteiger partial charge in [0.2, 0.25) is 5.91 Å². The van der Waals surface area contributed by atoms with E-state index in [0.29, 0.717) is 22.5 Å². The molecule has 0 radical (unpaired) electrons. The number of nitrogens with zero attached hydrogens (tertiary/aromatic N) is 6. The van der Waals surface area contributed by atoms with Crippen LogP contribution in [-0.2, 0) is 4.79 Å². The Kier molecular flexibility index (Phi) is 7.26. The van der Waals surface area contributed by atoms with Gasteiger partial charge >= 0.3 is 0 Å². The number of pyridine rings is 1. The average Bonchev–Trinajstić information content (AvgIpc) is 3.46. The molecule has 0 N–H and O–H groups in total. The lowest BCUT2D eigenvalue weighted by Gasteiger charge is -2.31. The van der Waals surface area contributed by atoms with Gasteiger partial charge in [-0.25, -0.2) is 4.98 Å². The first-order valence-corrected chi connectivity index (χ1v) is 14.7. The van der Waals surface area contributed by atoms with Crippen molar-refractivity contribution in [2.45, 2.75) is 46.1 Å². The van der Waals surface area contributed by atoms with Gasteiger partial charge in [-0.05, 0) is 74.3 Å². The van der Waals surface area contributed by atoms with Crippen molar-refractivity contribution < 1.29 is 4.79 Å². The first-order chi connectivity index (χ1) is 19.4. The number of aryl methyl sites for hydroxylation is 1. The number of amides is 1.